The van der Waals surface area contributed by atoms with Gasteiger partial charge in [-0.05, 0) is 112 Å². The number of hydrogen-bond acceptors (Lipinski definition) is 3. The van der Waals surface area contributed by atoms with Gasteiger partial charge in [-0.3, -0.25) is 9.59 Å². The van der Waals surface area contributed by atoms with Crippen molar-refractivity contribution in [2.45, 2.75) is 71.4 Å². The van der Waals surface area contributed by atoms with Crippen molar-refractivity contribution in [1.82, 2.24) is 4.90 Å². The summed E-state index contributed by atoms with van der Waals surface area (Å²) < 4.78 is 21.1. The predicted molar refractivity (Wildman–Crippen MR) is 152 cm³/mol. The number of ether oxygens (including phenoxy) is 1. The molecule has 1 aliphatic heterocycles. The van der Waals surface area contributed by atoms with E-state index in [2.05, 4.69) is 5.32 Å². The average Bonchev–Trinajstić information content (AvgIpc) is 3.44. The number of benzene rings is 3. The Labute approximate surface area is 230 Å². The molecule has 204 valence electrons. The number of anilines is 1. The highest BCUT2D eigenvalue weighted by atomic mass is 19.1. The molecule has 3 aromatic carbocycles. The van der Waals surface area contributed by atoms with Crippen LogP contribution in [0.1, 0.15) is 77.2 Å². The molecule has 1 saturated carbocycles. The standard InChI is InChI=1S/C33H37FN2O3/c1-21-13-16-25(20-23(21)3)35-32(37)28-11-7-19-36(33(38)30-22(2)8-6-12-29(30)34)31(28)24-14-17-27(18-15-24)39-26-9-4-5-10-26/h6,8,12-18,20,26,28,31H,4-5,7,9-11,19H2,1-3H3,(H,35,37)/t28-,31-/m0/s1. The molecule has 5 nitrogen and oxygen atoms in total. The van der Waals surface area contributed by atoms with E-state index in [1.807, 2.05) is 56.3 Å². The molecule has 6 heteroatoms. The molecule has 0 unspecified atom stereocenters. The molecule has 3 aromatic rings. The lowest BCUT2D eigenvalue weighted by Gasteiger charge is -2.41. The van der Waals surface area contributed by atoms with Crippen LogP contribution in [0.3, 0.4) is 0 Å². The van der Waals surface area contributed by atoms with Gasteiger partial charge in [0.2, 0.25) is 5.91 Å². The molecule has 2 amide bonds. The fraction of sp³-hybridized carbons (Fsp3) is 0.394. The van der Waals surface area contributed by atoms with Crippen LogP contribution in [-0.2, 0) is 4.79 Å². The van der Waals surface area contributed by atoms with Gasteiger partial charge >= 0.3 is 0 Å². The van der Waals surface area contributed by atoms with Crippen molar-refractivity contribution in [3.63, 3.8) is 0 Å². The van der Waals surface area contributed by atoms with E-state index in [4.69, 9.17) is 4.74 Å². The number of rotatable bonds is 6. The fourth-order valence-corrected chi connectivity index (χ4v) is 5.95. The van der Waals surface area contributed by atoms with Crippen molar-refractivity contribution in [3.8, 4) is 5.75 Å². The van der Waals surface area contributed by atoms with Gasteiger partial charge in [0, 0.05) is 12.2 Å². The average molecular weight is 529 g/mol. The number of carbonyl (C=O) groups excluding carboxylic acids is 2. The van der Waals surface area contributed by atoms with E-state index in [1.54, 1.807) is 24.0 Å². The monoisotopic (exact) mass is 528 g/mol. The van der Waals surface area contributed by atoms with Crippen molar-refractivity contribution in [1.29, 1.82) is 0 Å². The van der Waals surface area contributed by atoms with E-state index in [9.17, 15) is 14.0 Å². The summed E-state index contributed by atoms with van der Waals surface area (Å²) in [5, 5.41) is 3.09. The maximum atomic E-state index is 14.9. The topological polar surface area (TPSA) is 58.6 Å². The van der Waals surface area contributed by atoms with Crippen LogP contribution in [0.5, 0.6) is 5.75 Å². The van der Waals surface area contributed by atoms with Gasteiger partial charge in [0.15, 0.2) is 0 Å². The molecule has 2 fully saturated rings. The molecule has 5 rings (SSSR count). The van der Waals surface area contributed by atoms with E-state index in [1.165, 1.54) is 18.9 Å². The van der Waals surface area contributed by atoms with Gasteiger partial charge in [-0.25, -0.2) is 4.39 Å². The van der Waals surface area contributed by atoms with Crippen LogP contribution in [0.15, 0.2) is 60.7 Å². The zero-order valence-corrected chi connectivity index (χ0v) is 23.0. The SMILES string of the molecule is Cc1ccc(NC(=O)[C@H]2CCCN(C(=O)c3c(C)cccc3F)[C@H]2c2ccc(OC3CCCC3)cc2)cc1C. The Bertz CT molecular complexity index is 1330. The number of likely N-dealkylation sites (tertiary alicyclic amines) is 1. The number of aryl methyl sites for hydroxylation is 3. The summed E-state index contributed by atoms with van der Waals surface area (Å²) >= 11 is 0. The van der Waals surface area contributed by atoms with E-state index in [0.717, 1.165) is 41.0 Å². The molecule has 0 aromatic heterocycles. The van der Waals surface area contributed by atoms with Gasteiger partial charge in [-0.15, -0.1) is 0 Å². The maximum absolute atomic E-state index is 14.9. The zero-order chi connectivity index (χ0) is 27.5. The van der Waals surface area contributed by atoms with Crippen LogP contribution in [0.2, 0.25) is 0 Å². The first kappa shape index (κ1) is 26.9. The highest BCUT2D eigenvalue weighted by Gasteiger charge is 2.40. The number of nitrogens with zero attached hydrogens (tertiary/aromatic N) is 1. The summed E-state index contributed by atoms with van der Waals surface area (Å²) in [6.45, 7) is 6.24. The van der Waals surface area contributed by atoms with Crippen LogP contribution in [0, 0.1) is 32.5 Å². The Kier molecular flexibility index (Phi) is 8.01. The lowest BCUT2D eigenvalue weighted by molar-refractivity contribution is -0.123. The molecule has 0 spiro atoms. The Morgan fingerprint density at radius 1 is 0.872 bits per heavy atom. The Morgan fingerprint density at radius 2 is 1.62 bits per heavy atom. The third kappa shape index (κ3) is 5.85. The number of carbonyl (C=O) groups is 2. The highest BCUT2D eigenvalue weighted by Crippen LogP contribution is 2.39. The zero-order valence-electron chi connectivity index (χ0n) is 23.0. The largest absolute Gasteiger partial charge is 0.490 e. The molecular formula is C33H37FN2O3. The lowest BCUT2D eigenvalue weighted by Crippen LogP contribution is -2.46. The molecular weight excluding hydrogens is 491 g/mol. The van der Waals surface area contributed by atoms with Gasteiger partial charge in [-0.2, -0.15) is 0 Å². The van der Waals surface area contributed by atoms with Gasteiger partial charge in [0.25, 0.3) is 5.91 Å². The summed E-state index contributed by atoms with van der Waals surface area (Å²) in [5.41, 5.74) is 4.48. The molecule has 1 heterocycles. The second kappa shape index (κ2) is 11.6. The number of piperidine rings is 1. The molecule has 2 atom stereocenters. The summed E-state index contributed by atoms with van der Waals surface area (Å²) in [6.07, 6.45) is 6.03. The number of amides is 2. The first-order chi connectivity index (χ1) is 18.8. The predicted octanol–water partition coefficient (Wildman–Crippen LogP) is 7.30. The molecule has 1 aliphatic carbocycles. The molecule has 0 radical (unpaired) electrons. The van der Waals surface area contributed by atoms with E-state index >= 15 is 0 Å². The number of nitrogens with one attached hydrogen (secondary N) is 1. The van der Waals surface area contributed by atoms with Crippen molar-refractivity contribution in [3.05, 3.63) is 94.3 Å². The van der Waals surface area contributed by atoms with E-state index in [-0.39, 0.29) is 23.5 Å². The smallest absolute Gasteiger partial charge is 0.257 e. The van der Waals surface area contributed by atoms with Crippen LogP contribution < -0.4 is 10.1 Å². The summed E-state index contributed by atoms with van der Waals surface area (Å²) in [5.74, 6) is -0.762. The maximum Gasteiger partial charge on any atom is 0.257 e. The van der Waals surface area contributed by atoms with Crippen LogP contribution >= 0.6 is 0 Å². The fourth-order valence-electron chi connectivity index (χ4n) is 5.95. The molecule has 1 saturated heterocycles. The highest BCUT2D eigenvalue weighted by molar-refractivity contribution is 5.98. The second-order valence-corrected chi connectivity index (χ2v) is 11.0. The normalized spacial score (nSPS) is 19.6. The minimum atomic E-state index is -0.541. The Balaban J connectivity index is 1.47. The minimum absolute atomic E-state index is 0.0684. The molecule has 0 bridgehead atoms. The van der Waals surface area contributed by atoms with Crippen molar-refractivity contribution in [2.24, 2.45) is 5.92 Å². The lowest BCUT2D eigenvalue weighted by atomic mass is 9.83. The van der Waals surface area contributed by atoms with Gasteiger partial charge in [-0.1, -0.05) is 30.3 Å². The summed E-state index contributed by atoms with van der Waals surface area (Å²) in [7, 11) is 0. The van der Waals surface area contributed by atoms with Crippen molar-refractivity contribution < 1.29 is 18.7 Å². The third-order valence-electron chi connectivity index (χ3n) is 8.27. The Hall–Kier alpha value is -3.67. The molecule has 1 N–H and O–H groups in total. The third-order valence-corrected chi connectivity index (χ3v) is 8.27. The minimum Gasteiger partial charge on any atom is -0.490 e. The van der Waals surface area contributed by atoms with E-state index < -0.39 is 17.8 Å². The van der Waals surface area contributed by atoms with Gasteiger partial charge in [0.1, 0.15) is 11.6 Å². The quantitative estimate of drug-likeness (QED) is 0.365. The van der Waals surface area contributed by atoms with Crippen molar-refractivity contribution >= 4 is 17.5 Å². The van der Waals surface area contributed by atoms with Crippen molar-refractivity contribution in [2.75, 3.05) is 11.9 Å². The first-order valence-corrected chi connectivity index (χ1v) is 14.0. The second-order valence-electron chi connectivity index (χ2n) is 11.0. The van der Waals surface area contributed by atoms with Crippen LogP contribution in [0.4, 0.5) is 10.1 Å². The number of hydrogen-bond donors (Lipinski definition) is 1. The first-order valence-electron chi connectivity index (χ1n) is 14.0. The number of halogens is 1. The van der Waals surface area contributed by atoms with Crippen LogP contribution in [-0.4, -0.2) is 29.4 Å². The van der Waals surface area contributed by atoms with Gasteiger partial charge in [0.05, 0.1) is 23.6 Å². The summed E-state index contributed by atoms with van der Waals surface area (Å²) in [6, 6.07) is 17.8. The van der Waals surface area contributed by atoms with E-state index in [0.29, 0.717) is 24.9 Å². The molecule has 2 aliphatic rings. The van der Waals surface area contributed by atoms with Gasteiger partial charge < -0.3 is 15.0 Å². The summed E-state index contributed by atoms with van der Waals surface area (Å²) in [4.78, 5) is 29.3. The Morgan fingerprint density at radius 3 is 2.31 bits per heavy atom. The molecule has 39 heavy (non-hydrogen) atoms. The van der Waals surface area contributed by atoms with Crippen LogP contribution in [0.25, 0.3) is 0 Å².